The summed E-state index contributed by atoms with van der Waals surface area (Å²) in [5.41, 5.74) is 1.35. The lowest BCUT2D eigenvalue weighted by molar-refractivity contribution is 0.125. The number of rotatable bonds is 4. The monoisotopic (exact) mass is 334 g/mol. The van der Waals surface area contributed by atoms with Crippen LogP contribution in [0.3, 0.4) is 0 Å². The van der Waals surface area contributed by atoms with Gasteiger partial charge < -0.3 is 20.4 Å². The summed E-state index contributed by atoms with van der Waals surface area (Å²) in [6.07, 6.45) is 1.00. The molecule has 1 aromatic carbocycles. The molecule has 2 unspecified atom stereocenters. The van der Waals surface area contributed by atoms with E-state index in [0.717, 1.165) is 39.1 Å². The van der Waals surface area contributed by atoms with Crippen molar-refractivity contribution in [2.24, 2.45) is 11.3 Å². The predicted molar refractivity (Wildman–Crippen MR) is 88.6 cm³/mol. The van der Waals surface area contributed by atoms with E-state index in [1.807, 2.05) is 12.1 Å². The second-order valence-electron chi connectivity index (χ2n) is 6.00. The zero-order valence-corrected chi connectivity index (χ0v) is 13.6. The molecule has 6 heteroatoms. The molecule has 120 valence electrons. The molecule has 3 N–H and O–H groups in total. The molecule has 2 heterocycles. The van der Waals surface area contributed by atoms with Crippen LogP contribution >= 0.6 is 24.8 Å². The fraction of sp³-hybridized carbons (Fsp3) is 0.600. The van der Waals surface area contributed by atoms with Crippen LogP contribution in [0.25, 0.3) is 0 Å². The number of hydrogen-bond acceptors (Lipinski definition) is 4. The average Bonchev–Trinajstić information content (AvgIpc) is 2.95. The minimum Gasteiger partial charge on any atom is -0.508 e. The van der Waals surface area contributed by atoms with Gasteiger partial charge in [0.05, 0.1) is 6.61 Å². The van der Waals surface area contributed by atoms with E-state index in [9.17, 15) is 10.2 Å². The maximum absolute atomic E-state index is 9.67. The van der Waals surface area contributed by atoms with Crippen molar-refractivity contribution in [3.05, 3.63) is 29.8 Å². The van der Waals surface area contributed by atoms with E-state index in [1.54, 1.807) is 12.1 Å². The summed E-state index contributed by atoms with van der Waals surface area (Å²) >= 11 is 0. The first-order valence-electron chi connectivity index (χ1n) is 7.04. The van der Waals surface area contributed by atoms with Crippen LogP contribution in [0.5, 0.6) is 5.75 Å². The number of fused-ring (bicyclic) bond motifs is 1. The number of nitrogens with one attached hydrogen (secondary N) is 1. The first-order chi connectivity index (χ1) is 9.22. The number of aliphatic hydroxyl groups is 1. The molecule has 2 aliphatic rings. The highest BCUT2D eigenvalue weighted by molar-refractivity contribution is 5.85. The molecule has 2 saturated heterocycles. The number of hydrogen-bond donors (Lipinski definition) is 3. The summed E-state index contributed by atoms with van der Waals surface area (Å²) < 4.78 is 0. The molecule has 0 radical (unpaired) electrons. The number of benzene rings is 1. The van der Waals surface area contributed by atoms with Gasteiger partial charge in [-0.3, -0.25) is 0 Å². The number of likely N-dealkylation sites (tertiary alicyclic amines) is 1. The van der Waals surface area contributed by atoms with Crippen molar-refractivity contribution >= 4 is 24.8 Å². The Kier molecular flexibility index (Phi) is 6.75. The Morgan fingerprint density at radius 3 is 2.57 bits per heavy atom. The fourth-order valence-corrected chi connectivity index (χ4v) is 3.48. The summed E-state index contributed by atoms with van der Waals surface area (Å²) in [4.78, 5) is 2.47. The number of nitrogens with zero attached hydrogens (tertiary/aromatic N) is 1. The van der Waals surface area contributed by atoms with E-state index in [4.69, 9.17) is 0 Å². The molecule has 0 spiro atoms. The van der Waals surface area contributed by atoms with Crippen molar-refractivity contribution in [1.82, 2.24) is 10.2 Å². The predicted octanol–water partition coefficient (Wildman–Crippen LogP) is 1.29. The van der Waals surface area contributed by atoms with Gasteiger partial charge in [-0.25, -0.2) is 0 Å². The van der Waals surface area contributed by atoms with Crippen molar-refractivity contribution in [2.75, 3.05) is 39.3 Å². The smallest absolute Gasteiger partial charge is 0.115 e. The van der Waals surface area contributed by atoms with Crippen molar-refractivity contribution in [1.29, 1.82) is 0 Å². The van der Waals surface area contributed by atoms with Crippen LogP contribution in [0.1, 0.15) is 5.56 Å². The number of phenolic OH excluding ortho intramolecular Hbond substituents is 1. The van der Waals surface area contributed by atoms with Crippen LogP contribution < -0.4 is 5.32 Å². The number of phenols is 1. The molecule has 0 aromatic heterocycles. The van der Waals surface area contributed by atoms with Crippen LogP contribution in [0.2, 0.25) is 0 Å². The standard InChI is InChI=1S/C15H22N2O2.2ClH/c18-11-15-9-16-7-13(15)8-17(10-15)6-5-12-1-3-14(19)4-2-12;;/h1-4,13,16,18-19H,5-11H2;2*1H. The van der Waals surface area contributed by atoms with Crippen LogP contribution in [0.4, 0.5) is 0 Å². The van der Waals surface area contributed by atoms with Gasteiger partial charge in [0.1, 0.15) is 5.75 Å². The second-order valence-corrected chi connectivity index (χ2v) is 6.00. The van der Waals surface area contributed by atoms with E-state index in [0.29, 0.717) is 18.3 Å². The molecule has 3 rings (SSSR count). The summed E-state index contributed by atoms with van der Waals surface area (Å²) in [5.74, 6) is 0.919. The molecule has 1 aromatic rings. The maximum Gasteiger partial charge on any atom is 0.115 e. The van der Waals surface area contributed by atoms with Gasteiger partial charge in [0.2, 0.25) is 0 Å². The Labute approximate surface area is 138 Å². The van der Waals surface area contributed by atoms with E-state index in [2.05, 4.69) is 10.2 Å². The zero-order chi connectivity index (χ0) is 13.3. The number of halogens is 2. The lowest BCUT2D eigenvalue weighted by Crippen LogP contribution is -2.36. The highest BCUT2D eigenvalue weighted by atomic mass is 35.5. The average molecular weight is 335 g/mol. The Morgan fingerprint density at radius 2 is 1.95 bits per heavy atom. The third-order valence-corrected chi connectivity index (χ3v) is 4.72. The van der Waals surface area contributed by atoms with E-state index in [1.165, 1.54) is 5.56 Å². The van der Waals surface area contributed by atoms with Gasteiger partial charge in [-0.05, 0) is 36.6 Å². The molecule has 0 aliphatic carbocycles. The quantitative estimate of drug-likeness (QED) is 0.776. The Hall–Kier alpha value is -0.520. The van der Waals surface area contributed by atoms with Crippen molar-refractivity contribution < 1.29 is 10.2 Å². The summed E-state index contributed by atoms with van der Waals surface area (Å²) in [5, 5.41) is 22.3. The summed E-state index contributed by atoms with van der Waals surface area (Å²) in [6, 6.07) is 7.45. The number of aromatic hydroxyl groups is 1. The first-order valence-corrected chi connectivity index (χ1v) is 7.04. The van der Waals surface area contributed by atoms with Gasteiger partial charge in [0.15, 0.2) is 0 Å². The lowest BCUT2D eigenvalue weighted by Gasteiger charge is -2.25. The molecule has 2 aliphatic heterocycles. The van der Waals surface area contributed by atoms with Gasteiger partial charge in [0, 0.05) is 31.6 Å². The summed E-state index contributed by atoms with van der Waals surface area (Å²) in [6.45, 7) is 5.40. The van der Waals surface area contributed by atoms with Crippen LogP contribution in [-0.4, -0.2) is 54.4 Å². The normalized spacial score (nSPS) is 27.8. The van der Waals surface area contributed by atoms with E-state index in [-0.39, 0.29) is 30.2 Å². The Balaban J connectivity index is 0.00000110. The van der Waals surface area contributed by atoms with Crippen molar-refractivity contribution in [3.8, 4) is 5.75 Å². The zero-order valence-electron chi connectivity index (χ0n) is 12.0. The SMILES string of the molecule is Cl.Cl.OCC12CNCC1CN(CCc1ccc(O)cc1)C2. The van der Waals surface area contributed by atoms with Crippen LogP contribution in [0, 0.1) is 11.3 Å². The molecule has 0 saturated carbocycles. The molecule has 4 nitrogen and oxygen atoms in total. The maximum atomic E-state index is 9.67. The van der Waals surface area contributed by atoms with Gasteiger partial charge >= 0.3 is 0 Å². The first kappa shape index (κ1) is 18.5. The lowest BCUT2D eigenvalue weighted by atomic mass is 9.82. The molecule has 2 atom stereocenters. The third kappa shape index (κ3) is 3.82. The van der Waals surface area contributed by atoms with Gasteiger partial charge in [0.25, 0.3) is 0 Å². The van der Waals surface area contributed by atoms with Crippen LogP contribution in [0.15, 0.2) is 24.3 Å². The van der Waals surface area contributed by atoms with Gasteiger partial charge in [-0.2, -0.15) is 0 Å². The van der Waals surface area contributed by atoms with Crippen LogP contribution in [-0.2, 0) is 6.42 Å². The minimum atomic E-state index is 0. The third-order valence-electron chi connectivity index (χ3n) is 4.72. The highest BCUT2D eigenvalue weighted by Gasteiger charge is 2.48. The molecular weight excluding hydrogens is 311 g/mol. The van der Waals surface area contributed by atoms with Crippen molar-refractivity contribution in [3.63, 3.8) is 0 Å². The van der Waals surface area contributed by atoms with E-state index < -0.39 is 0 Å². The molecule has 0 bridgehead atoms. The molecule has 21 heavy (non-hydrogen) atoms. The molecule has 0 amide bonds. The summed E-state index contributed by atoms with van der Waals surface area (Å²) in [7, 11) is 0. The van der Waals surface area contributed by atoms with Gasteiger partial charge in [-0.1, -0.05) is 12.1 Å². The number of aliphatic hydroxyl groups excluding tert-OH is 1. The second kappa shape index (κ2) is 7.65. The largest absolute Gasteiger partial charge is 0.508 e. The molecular formula is C15H24Cl2N2O2. The van der Waals surface area contributed by atoms with Crippen molar-refractivity contribution in [2.45, 2.75) is 6.42 Å². The van der Waals surface area contributed by atoms with Gasteiger partial charge in [-0.15, -0.1) is 24.8 Å². The topological polar surface area (TPSA) is 55.7 Å². The minimum absolute atomic E-state index is 0. The highest BCUT2D eigenvalue weighted by Crippen LogP contribution is 2.38. The fourth-order valence-electron chi connectivity index (χ4n) is 3.48. The molecule has 2 fully saturated rings. The Morgan fingerprint density at radius 1 is 1.24 bits per heavy atom. The van der Waals surface area contributed by atoms with E-state index >= 15 is 0 Å². The Bertz CT molecular complexity index is 444.